The molecule has 3 nitrogen and oxygen atoms in total. The van der Waals surface area contributed by atoms with Gasteiger partial charge in [-0.25, -0.2) is 0 Å². The SMILES string of the molecule is CC(C)n1ncc(Br)c1C(O)C1(C)CCCC1. The van der Waals surface area contributed by atoms with E-state index in [0.717, 1.165) is 23.0 Å². The van der Waals surface area contributed by atoms with E-state index >= 15 is 0 Å². The topological polar surface area (TPSA) is 38.0 Å². The van der Waals surface area contributed by atoms with Crippen LogP contribution in [0, 0.1) is 5.41 Å². The molecule has 0 bridgehead atoms. The van der Waals surface area contributed by atoms with Crippen molar-refractivity contribution < 1.29 is 5.11 Å². The standard InChI is InChI=1S/C13H21BrN2O/c1-9(2)16-11(10(14)8-15-16)12(17)13(3)6-4-5-7-13/h8-9,12,17H,4-7H2,1-3H3. The van der Waals surface area contributed by atoms with E-state index in [1.165, 1.54) is 12.8 Å². The molecule has 1 heterocycles. The smallest absolute Gasteiger partial charge is 0.102 e. The quantitative estimate of drug-likeness (QED) is 0.921. The van der Waals surface area contributed by atoms with Crippen LogP contribution in [0.15, 0.2) is 10.7 Å². The second-order valence-corrected chi connectivity index (χ2v) is 6.53. The first-order valence-electron chi connectivity index (χ1n) is 6.37. The van der Waals surface area contributed by atoms with Crippen LogP contribution >= 0.6 is 15.9 Å². The lowest BCUT2D eigenvalue weighted by molar-refractivity contribution is 0.0320. The molecule has 1 aromatic rings. The van der Waals surface area contributed by atoms with Gasteiger partial charge in [0.2, 0.25) is 0 Å². The first kappa shape index (κ1) is 13.1. The van der Waals surface area contributed by atoms with Crippen molar-refractivity contribution in [3.63, 3.8) is 0 Å². The number of hydrogen-bond acceptors (Lipinski definition) is 2. The van der Waals surface area contributed by atoms with Gasteiger partial charge in [0.15, 0.2) is 0 Å². The predicted octanol–water partition coefficient (Wildman–Crippen LogP) is 3.84. The number of halogens is 1. The number of aromatic nitrogens is 2. The Kier molecular flexibility index (Phi) is 3.64. The molecular weight excluding hydrogens is 280 g/mol. The maximum absolute atomic E-state index is 10.7. The van der Waals surface area contributed by atoms with Crippen LogP contribution in [0.5, 0.6) is 0 Å². The fourth-order valence-corrected chi connectivity index (χ4v) is 3.29. The molecule has 1 aliphatic carbocycles. The summed E-state index contributed by atoms with van der Waals surface area (Å²) in [6.07, 6.45) is 6.01. The van der Waals surface area contributed by atoms with Crippen molar-refractivity contribution >= 4 is 15.9 Å². The molecule has 1 saturated carbocycles. The summed E-state index contributed by atoms with van der Waals surface area (Å²) in [6, 6.07) is 0.274. The molecule has 1 unspecified atom stereocenters. The molecule has 0 radical (unpaired) electrons. The minimum atomic E-state index is -0.427. The highest BCUT2D eigenvalue weighted by molar-refractivity contribution is 9.10. The Hall–Kier alpha value is -0.350. The van der Waals surface area contributed by atoms with E-state index in [4.69, 9.17) is 0 Å². The van der Waals surface area contributed by atoms with Gasteiger partial charge in [-0.1, -0.05) is 19.8 Å². The zero-order valence-corrected chi connectivity index (χ0v) is 12.4. The zero-order chi connectivity index (χ0) is 12.6. The van der Waals surface area contributed by atoms with E-state index in [1.807, 2.05) is 4.68 Å². The van der Waals surface area contributed by atoms with Gasteiger partial charge < -0.3 is 5.11 Å². The summed E-state index contributed by atoms with van der Waals surface area (Å²) < 4.78 is 2.85. The monoisotopic (exact) mass is 300 g/mol. The molecule has 1 atom stereocenters. The molecule has 0 amide bonds. The summed E-state index contributed by atoms with van der Waals surface area (Å²) in [6.45, 7) is 6.37. The highest BCUT2D eigenvalue weighted by atomic mass is 79.9. The number of aliphatic hydroxyl groups excluding tert-OH is 1. The molecule has 0 saturated heterocycles. The Morgan fingerprint density at radius 1 is 1.41 bits per heavy atom. The minimum Gasteiger partial charge on any atom is -0.386 e. The van der Waals surface area contributed by atoms with Gasteiger partial charge in [-0.3, -0.25) is 4.68 Å². The van der Waals surface area contributed by atoms with Crippen LogP contribution in [0.2, 0.25) is 0 Å². The largest absolute Gasteiger partial charge is 0.386 e. The molecule has 1 fully saturated rings. The summed E-state index contributed by atoms with van der Waals surface area (Å²) in [5.41, 5.74) is 0.944. The Morgan fingerprint density at radius 3 is 2.53 bits per heavy atom. The summed E-state index contributed by atoms with van der Waals surface area (Å²) in [7, 11) is 0. The molecule has 1 N–H and O–H groups in total. The fourth-order valence-electron chi connectivity index (χ4n) is 2.80. The molecular formula is C13H21BrN2O. The van der Waals surface area contributed by atoms with Crippen LogP contribution < -0.4 is 0 Å². The fraction of sp³-hybridized carbons (Fsp3) is 0.769. The molecule has 2 rings (SSSR count). The molecule has 0 aromatic carbocycles. The normalized spacial score (nSPS) is 21.1. The lowest BCUT2D eigenvalue weighted by Crippen LogP contribution is -2.25. The van der Waals surface area contributed by atoms with E-state index in [9.17, 15) is 5.11 Å². The number of aliphatic hydroxyl groups is 1. The maximum atomic E-state index is 10.7. The Morgan fingerprint density at radius 2 is 2.00 bits per heavy atom. The van der Waals surface area contributed by atoms with Crippen LogP contribution in [0.3, 0.4) is 0 Å². The summed E-state index contributed by atoms with van der Waals surface area (Å²) >= 11 is 3.51. The van der Waals surface area contributed by atoms with Crippen molar-refractivity contribution in [2.45, 2.75) is 58.6 Å². The van der Waals surface area contributed by atoms with E-state index in [-0.39, 0.29) is 11.5 Å². The average molecular weight is 301 g/mol. The lowest BCUT2D eigenvalue weighted by atomic mass is 9.81. The van der Waals surface area contributed by atoms with E-state index in [0.29, 0.717) is 0 Å². The van der Waals surface area contributed by atoms with Gasteiger partial charge in [0.05, 0.1) is 16.4 Å². The van der Waals surface area contributed by atoms with E-state index in [2.05, 4.69) is 41.8 Å². The second kappa shape index (κ2) is 4.73. The van der Waals surface area contributed by atoms with Gasteiger partial charge in [0.25, 0.3) is 0 Å². The van der Waals surface area contributed by atoms with Crippen molar-refractivity contribution in [1.29, 1.82) is 0 Å². The molecule has 4 heteroatoms. The van der Waals surface area contributed by atoms with Crippen molar-refractivity contribution in [1.82, 2.24) is 9.78 Å². The third-order valence-electron chi connectivity index (χ3n) is 3.94. The van der Waals surface area contributed by atoms with Crippen LogP contribution in [-0.2, 0) is 0 Å². The summed E-state index contributed by atoms with van der Waals surface area (Å²) in [4.78, 5) is 0. The molecule has 1 aliphatic rings. The minimum absolute atomic E-state index is 0.00912. The Bertz CT molecular complexity index is 394. The van der Waals surface area contributed by atoms with Crippen molar-refractivity contribution in [3.05, 3.63) is 16.4 Å². The lowest BCUT2D eigenvalue weighted by Gasteiger charge is -2.31. The van der Waals surface area contributed by atoms with Gasteiger partial charge in [0.1, 0.15) is 6.10 Å². The second-order valence-electron chi connectivity index (χ2n) is 5.68. The van der Waals surface area contributed by atoms with E-state index in [1.54, 1.807) is 6.20 Å². The van der Waals surface area contributed by atoms with Crippen molar-refractivity contribution in [3.8, 4) is 0 Å². The van der Waals surface area contributed by atoms with Crippen LogP contribution in [0.1, 0.15) is 64.3 Å². The first-order chi connectivity index (χ1) is 7.96. The van der Waals surface area contributed by atoms with E-state index < -0.39 is 6.10 Å². The highest BCUT2D eigenvalue weighted by Gasteiger charge is 2.39. The predicted molar refractivity (Wildman–Crippen MR) is 71.8 cm³/mol. The molecule has 1 aromatic heterocycles. The number of nitrogens with zero attached hydrogens (tertiary/aromatic N) is 2. The van der Waals surface area contributed by atoms with Crippen LogP contribution in [0.25, 0.3) is 0 Å². The van der Waals surface area contributed by atoms with Crippen LogP contribution in [-0.4, -0.2) is 14.9 Å². The Labute approximate surface area is 111 Å². The summed E-state index contributed by atoms with van der Waals surface area (Å²) in [5.74, 6) is 0. The van der Waals surface area contributed by atoms with Gasteiger partial charge in [-0.15, -0.1) is 0 Å². The maximum Gasteiger partial charge on any atom is 0.102 e. The number of hydrogen-bond donors (Lipinski definition) is 1. The van der Waals surface area contributed by atoms with Crippen LogP contribution in [0.4, 0.5) is 0 Å². The molecule has 0 aliphatic heterocycles. The van der Waals surface area contributed by atoms with Gasteiger partial charge >= 0.3 is 0 Å². The first-order valence-corrected chi connectivity index (χ1v) is 7.16. The number of rotatable bonds is 3. The molecule has 17 heavy (non-hydrogen) atoms. The third kappa shape index (κ3) is 2.29. The average Bonchev–Trinajstić information content (AvgIpc) is 2.85. The zero-order valence-electron chi connectivity index (χ0n) is 10.8. The van der Waals surface area contributed by atoms with Gasteiger partial charge in [0, 0.05) is 6.04 Å². The van der Waals surface area contributed by atoms with Crippen molar-refractivity contribution in [2.24, 2.45) is 5.41 Å². The highest BCUT2D eigenvalue weighted by Crippen LogP contribution is 2.48. The Balaban J connectivity index is 2.36. The third-order valence-corrected chi connectivity index (χ3v) is 4.55. The molecule has 96 valence electrons. The van der Waals surface area contributed by atoms with Gasteiger partial charge in [-0.2, -0.15) is 5.10 Å². The summed E-state index contributed by atoms with van der Waals surface area (Å²) in [5, 5.41) is 15.0. The van der Waals surface area contributed by atoms with Crippen molar-refractivity contribution in [2.75, 3.05) is 0 Å². The molecule has 0 spiro atoms. The van der Waals surface area contributed by atoms with Gasteiger partial charge in [-0.05, 0) is 48.0 Å².